The summed E-state index contributed by atoms with van der Waals surface area (Å²) in [6.45, 7) is 20.4. The van der Waals surface area contributed by atoms with Crippen molar-refractivity contribution in [1.29, 1.82) is 0 Å². The van der Waals surface area contributed by atoms with Gasteiger partial charge in [-0.3, -0.25) is 19.3 Å². The van der Waals surface area contributed by atoms with Crippen molar-refractivity contribution in [1.82, 2.24) is 55.1 Å². The molecule has 3 fully saturated rings. The summed E-state index contributed by atoms with van der Waals surface area (Å²) in [5, 5.41) is 5.41. The fraction of sp³-hybridized carbons (Fsp3) is 0.337. The fourth-order valence-corrected chi connectivity index (χ4v) is 19.0. The van der Waals surface area contributed by atoms with Crippen LogP contribution in [0.1, 0.15) is 125 Å². The van der Waals surface area contributed by atoms with Crippen LogP contribution in [0, 0.1) is 0 Å². The third kappa shape index (κ3) is 15.9. The summed E-state index contributed by atoms with van der Waals surface area (Å²) in [7, 11) is -7.95. The number of piperidine rings is 2. The maximum Gasteiger partial charge on any atom is 0.259 e. The second-order valence-corrected chi connectivity index (χ2v) is 38.8. The Morgan fingerprint density at radius 1 is 0.521 bits per heavy atom. The molecule has 12 aromatic rings. The Kier molecular flexibility index (Phi) is 22.2. The van der Waals surface area contributed by atoms with Crippen LogP contribution in [0.2, 0.25) is 0 Å². The Bertz CT molecular complexity index is 6180. The number of carbonyl (C=O) groups excluding carboxylic acids is 3. The van der Waals surface area contributed by atoms with Crippen LogP contribution in [-0.2, 0) is 53.9 Å². The zero-order valence-corrected chi connectivity index (χ0v) is 68.7. The Labute approximate surface area is 689 Å². The molecule has 117 heavy (non-hydrogen) atoms. The first-order chi connectivity index (χ1) is 56.3. The number of aromatic nitrogens is 9. The van der Waals surface area contributed by atoms with Crippen molar-refractivity contribution < 1.29 is 54.4 Å². The number of nitrogens with zero attached hydrogens (tertiary/aromatic N) is 12. The zero-order valence-electron chi connectivity index (χ0n) is 66.2. The predicted molar refractivity (Wildman–Crippen MR) is 470 cm³/mol. The average Bonchev–Trinajstić information content (AvgIpc) is 1.61. The number of rotatable bonds is 19. The number of nitrogens with two attached hydrogens (primary N) is 1. The number of carbonyl (C=O) groups is 3. The van der Waals surface area contributed by atoms with Crippen molar-refractivity contribution in [2.45, 2.75) is 129 Å². The van der Waals surface area contributed by atoms with E-state index in [-0.39, 0.29) is 48.4 Å². The SMILES string of the molecule is CC(C)S(=O)(=O)c1ccc(-c2cnc3[nH]cc(N4Cc5cc(N(C)C6CCNCC6)ccc5C4=O)c3n2)cc1.CC(C)S(=O)(=O)c1ccc(-c2cnc3[nH]cc(N4Cc5cc(N6CCCC(N)C6)ccc5C4=O)c3n2)cc1.CC(C)S(=O)(=O)c1ccc(-c2cnc3[nH]cc(N4Cc5cc(NCCN6CCOCC6)ccc5C4=O)c3n2)cc1.[HH].[HH].[HH].[HH].[HH].[HH].[HH]. The summed E-state index contributed by atoms with van der Waals surface area (Å²) in [5.41, 5.74) is 23.9. The van der Waals surface area contributed by atoms with E-state index in [0.29, 0.717) is 110 Å². The molecule has 6 aliphatic heterocycles. The van der Waals surface area contributed by atoms with Gasteiger partial charge in [-0.2, -0.15) is 0 Å². The summed E-state index contributed by atoms with van der Waals surface area (Å²) >= 11 is 0. The molecular weight excluding hydrogens is 1540 g/mol. The van der Waals surface area contributed by atoms with Gasteiger partial charge in [0.1, 0.15) is 16.6 Å². The van der Waals surface area contributed by atoms with E-state index >= 15 is 0 Å². The van der Waals surface area contributed by atoms with Crippen LogP contribution >= 0.6 is 0 Å². The summed E-state index contributed by atoms with van der Waals surface area (Å²) in [5.74, 6) is -0.207. The van der Waals surface area contributed by atoms with Crippen molar-refractivity contribution >= 4 is 115 Å². The standard InChI is InChI=1S/C29H32N6O4S.C29H32N6O3S.C28H30N6O3S.7H2/c1-19(2)40(37,38)23-6-3-20(4-7-23)25-16-31-28-27(33-25)26(17-32-28)35-18-21-15-22(5-8-24(21)29(35)36)30-9-10-34-11-13-39-14-12-34;1-18(2)39(37,38)23-7-4-19(5-8-23)25-15-31-28-27(33-25)26(16-32-28)35-17-20-14-22(6-9-24(20)29(35)36)34(3)21-10-12-30-13-11-21;1-17(2)38(36,37)22-8-5-18(6-9-22)24-13-30-27-26(32-24)25(14-31-27)34-15-19-12-21(7-10-23(19)28(34)35)33-11-3-4-20(29)16-33;;;;;;;/h3-8,15-17,19,30H,9-14,18H2,1-2H3,(H,31,32);4-9,14-16,18,21,30H,10-13,17H2,1-3H3,(H,31,32);5-10,12-14,17,20H,3-4,11,15-16,29H2,1-2H3,(H,30,31);7*1H. The Morgan fingerprint density at radius 3 is 1.36 bits per heavy atom. The van der Waals surface area contributed by atoms with Crippen LogP contribution in [0.3, 0.4) is 0 Å². The van der Waals surface area contributed by atoms with Gasteiger partial charge in [-0.05, 0) is 188 Å². The van der Waals surface area contributed by atoms with Gasteiger partial charge in [0.2, 0.25) is 0 Å². The smallest absolute Gasteiger partial charge is 0.259 e. The molecule has 28 nitrogen and oxygen atoms in total. The summed E-state index contributed by atoms with van der Waals surface area (Å²) in [4.78, 5) is 90.7. The van der Waals surface area contributed by atoms with Crippen LogP contribution in [-0.4, -0.2) is 193 Å². The number of sulfone groups is 3. The topological polar surface area (TPSA) is 357 Å². The van der Waals surface area contributed by atoms with E-state index in [9.17, 15) is 39.6 Å². The Balaban J connectivity index is 0.000000205. The number of ether oxygens (including phenoxy) is 1. The molecule has 3 saturated heterocycles. The summed E-state index contributed by atoms with van der Waals surface area (Å²) in [6, 6.07) is 38.7. The van der Waals surface area contributed by atoms with Crippen LogP contribution in [0.25, 0.3) is 67.3 Å². The first-order valence-corrected chi connectivity index (χ1v) is 44.3. The molecular formula is C86H108N18O10S3. The molecule has 0 radical (unpaired) electrons. The third-order valence-electron chi connectivity index (χ3n) is 22.9. The number of benzene rings is 6. The molecule has 6 aromatic carbocycles. The molecule has 6 aromatic heterocycles. The number of H-pyrrole nitrogens is 3. The lowest BCUT2D eigenvalue weighted by Gasteiger charge is -2.33. The molecule has 1 atom stereocenters. The number of nitrogens with one attached hydrogen (secondary N) is 5. The lowest BCUT2D eigenvalue weighted by atomic mass is 10.0. The highest BCUT2D eigenvalue weighted by atomic mass is 32.2. The van der Waals surface area contributed by atoms with Gasteiger partial charge in [-0.1, -0.05) is 36.4 Å². The van der Waals surface area contributed by atoms with Gasteiger partial charge >= 0.3 is 0 Å². The number of amides is 3. The highest BCUT2D eigenvalue weighted by molar-refractivity contribution is 7.92. The van der Waals surface area contributed by atoms with E-state index in [1.54, 1.807) is 166 Å². The van der Waals surface area contributed by atoms with Gasteiger partial charge in [0, 0.05) is 137 Å². The van der Waals surface area contributed by atoms with Gasteiger partial charge in [-0.25, -0.2) is 55.2 Å². The van der Waals surface area contributed by atoms with Crippen molar-refractivity contribution in [2.75, 3.05) is 102 Å². The van der Waals surface area contributed by atoms with E-state index < -0.39 is 45.3 Å². The first-order valence-electron chi connectivity index (χ1n) is 39.6. The number of morpholine rings is 1. The molecule has 620 valence electrons. The van der Waals surface area contributed by atoms with Gasteiger partial charge in [0.15, 0.2) is 46.5 Å². The molecule has 1 unspecified atom stereocenters. The third-order valence-corrected chi connectivity index (χ3v) is 29.4. The summed E-state index contributed by atoms with van der Waals surface area (Å²) < 4.78 is 80.4. The lowest BCUT2D eigenvalue weighted by Crippen LogP contribution is -2.42. The molecule has 12 heterocycles. The molecule has 6 aliphatic rings. The number of anilines is 6. The van der Waals surface area contributed by atoms with Crippen LogP contribution in [0.5, 0.6) is 0 Å². The van der Waals surface area contributed by atoms with Crippen molar-refractivity contribution in [3.8, 4) is 33.8 Å². The quantitative estimate of drug-likeness (QED) is 0.0438. The highest BCUT2D eigenvalue weighted by Crippen LogP contribution is 2.40. The molecule has 0 spiro atoms. The summed E-state index contributed by atoms with van der Waals surface area (Å²) in [6.07, 6.45) is 14.6. The maximum absolute atomic E-state index is 13.4. The second-order valence-electron chi connectivity index (χ2n) is 31.3. The van der Waals surface area contributed by atoms with E-state index in [1.165, 1.54) is 0 Å². The molecule has 3 amide bonds. The molecule has 0 aliphatic carbocycles. The van der Waals surface area contributed by atoms with Gasteiger partial charge < -0.3 is 60.6 Å². The number of hydrogen-bond acceptors (Lipinski definition) is 22. The minimum atomic E-state index is -3.36. The van der Waals surface area contributed by atoms with Gasteiger partial charge in [-0.15, -0.1) is 0 Å². The Morgan fingerprint density at radius 2 is 0.932 bits per heavy atom. The highest BCUT2D eigenvalue weighted by Gasteiger charge is 2.36. The number of aromatic amines is 3. The molecule has 0 saturated carbocycles. The largest absolute Gasteiger partial charge is 0.384 e. The number of hydrogen-bond donors (Lipinski definition) is 6. The van der Waals surface area contributed by atoms with Crippen molar-refractivity contribution in [2.24, 2.45) is 5.73 Å². The van der Waals surface area contributed by atoms with Crippen LogP contribution in [0.4, 0.5) is 34.1 Å². The van der Waals surface area contributed by atoms with Crippen molar-refractivity contribution in [3.63, 3.8) is 0 Å². The molecule has 31 heteroatoms. The van der Waals surface area contributed by atoms with Gasteiger partial charge in [0.05, 0.1) is 116 Å². The predicted octanol–water partition coefficient (Wildman–Crippen LogP) is 13.5. The van der Waals surface area contributed by atoms with E-state index in [4.69, 9.17) is 25.4 Å². The second kappa shape index (κ2) is 32.6. The number of fused-ring (bicyclic) bond motifs is 6. The molecule has 0 bridgehead atoms. The normalized spacial score (nSPS) is 16.8. The van der Waals surface area contributed by atoms with E-state index in [2.05, 4.69) is 74.4 Å². The van der Waals surface area contributed by atoms with E-state index in [1.807, 2.05) is 42.5 Å². The molecule has 18 rings (SSSR count). The average molecular weight is 1650 g/mol. The minimum Gasteiger partial charge on any atom is -0.384 e. The van der Waals surface area contributed by atoms with E-state index in [0.717, 1.165) is 142 Å². The monoisotopic (exact) mass is 1650 g/mol. The lowest BCUT2D eigenvalue weighted by molar-refractivity contribution is 0.0398. The minimum absolute atomic E-state index is 0. The first kappa shape index (κ1) is 79.5. The van der Waals surface area contributed by atoms with Crippen LogP contribution < -0.4 is 40.9 Å². The molecule has 7 N–H and O–H groups in total. The van der Waals surface area contributed by atoms with Crippen LogP contribution in [0.15, 0.2) is 179 Å². The zero-order chi connectivity index (χ0) is 81.8. The Hall–Kier alpha value is -11.3. The fourth-order valence-electron chi connectivity index (χ4n) is 15.8. The van der Waals surface area contributed by atoms with Crippen molar-refractivity contribution in [3.05, 3.63) is 198 Å². The van der Waals surface area contributed by atoms with Gasteiger partial charge in [0.25, 0.3) is 17.7 Å². The maximum atomic E-state index is 13.4.